The molecule has 0 aliphatic carbocycles. The second-order valence-corrected chi connectivity index (χ2v) is 4.07. The Morgan fingerprint density at radius 1 is 1.15 bits per heavy atom. The first-order valence-electron chi connectivity index (χ1n) is 5.88. The van der Waals surface area contributed by atoms with Crippen molar-refractivity contribution in [3.8, 4) is 5.75 Å². The Balaban J connectivity index is 1.95. The summed E-state index contributed by atoms with van der Waals surface area (Å²) in [7, 11) is 0. The maximum absolute atomic E-state index is 11.9. The van der Waals surface area contributed by atoms with Crippen LogP contribution in [0, 0.1) is 0 Å². The molecule has 0 saturated carbocycles. The van der Waals surface area contributed by atoms with Gasteiger partial charge in [-0.15, -0.1) is 0 Å². The van der Waals surface area contributed by atoms with Crippen molar-refractivity contribution in [3.63, 3.8) is 0 Å². The highest BCUT2D eigenvalue weighted by Crippen LogP contribution is 2.27. The SMILES string of the molecule is Nc1ccc(OCCOCC(F)(F)F)c2ncccc12. The molecule has 4 nitrogen and oxygen atoms in total. The summed E-state index contributed by atoms with van der Waals surface area (Å²) in [6, 6.07) is 6.84. The Hall–Kier alpha value is -2.02. The van der Waals surface area contributed by atoms with Crippen molar-refractivity contribution >= 4 is 16.6 Å². The second kappa shape index (κ2) is 5.96. The molecule has 1 aromatic carbocycles. The Kier molecular flexibility index (Phi) is 4.29. The minimum Gasteiger partial charge on any atom is -0.489 e. The van der Waals surface area contributed by atoms with Gasteiger partial charge in [0.1, 0.15) is 24.5 Å². The molecule has 2 aromatic rings. The van der Waals surface area contributed by atoms with Crippen LogP contribution in [0.2, 0.25) is 0 Å². The maximum Gasteiger partial charge on any atom is 0.411 e. The zero-order chi connectivity index (χ0) is 14.6. The summed E-state index contributed by atoms with van der Waals surface area (Å²) in [5.74, 6) is 0.463. The first-order valence-corrected chi connectivity index (χ1v) is 5.88. The Morgan fingerprint density at radius 2 is 1.95 bits per heavy atom. The molecule has 0 unspecified atom stereocenters. The normalized spacial score (nSPS) is 11.8. The smallest absolute Gasteiger partial charge is 0.411 e. The minimum absolute atomic E-state index is 0.00563. The van der Waals surface area contributed by atoms with Crippen LogP contribution in [0.5, 0.6) is 5.75 Å². The molecule has 1 heterocycles. The zero-order valence-corrected chi connectivity index (χ0v) is 10.5. The van der Waals surface area contributed by atoms with Crippen molar-refractivity contribution in [1.82, 2.24) is 4.98 Å². The van der Waals surface area contributed by atoms with Gasteiger partial charge in [-0.2, -0.15) is 13.2 Å². The predicted octanol–water partition coefficient (Wildman–Crippen LogP) is 2.77. The predicted molar refractivity (Wildman–Crippen MR) is 68.5 cm³/mol. The lowest BCUT2D eigenvalue weighted by atomic mass is 10.2. The Labute approximate surface area is 113 Å². The Bertz CT molecular complexity index is 587. The molecule has 2 rings (SSSR count). The van der Waals surface area contributed by atoms with Crippen LogP contribution in [0.25, 0.3) is 10.9 Å². The molecular formula is C13H13F3N2O2. The minimum atomic E-state index is -4.32. The first kappa shape index (κ1) is 14.4. The number of nitrogen functional groups attached to an aromatic ring is 1. The van der Waals surface area contributed by atoms with Crippen LogP contribution < -0.4 is 10.5 Å². The van der Waals surface area contributed by atoms with Crippen molar-refractivity contribution in [2.45, 2.75) is 6.18 Å². The number of aromatic nitrogens is 1. The van der Waals surface area contributed by atoms with Gasteiger partial charge in [0.25, 0.3) is 0 Å². The lowest BCUT2D eigenvalue weighted by Crippen LogP contribution is -2.19. The van der Waals surface area contributed by atoms with Gasteiger partial charge in [-0.3, -0.25) is 4.98 Å². The van der Waals surface area contributed by atoms with Gasteiger partial charge in [0, 0.05) is 17.3 Å². The summed E-state index contributed by atoms with van der Waals surface area (Å²) in [5, 5.41) is 0.737. The first-order chi connectivity index (χ1) is 9.47. The van der Waals surface area contributed by atoms with Crippen molar-refractivity contribution in [3.05, 3.63) is 30.5 Å². The van der Waals surface area contributed by atoms with Crippen molar-refractivity contribution < 1.29 is 22.6 Å². The Morgan fingerprint density at radius 3 is 2.70 bits per heavy atom. The number of alkyl halides is 3. The van der Waals surface area contributed by atoms with Crippen molar-refractivity contribution in [1.29, 1.82) is 0 Å². The van der Waals surface area contributed by atoms with Gasteiger partial charge in [-0.25, -0.2) is 0 Å². The number of ether oxygens (including phenoxy) is 2. The lowest BCUT2D eigenvalue weighted by Gasteiger charge is -2.11. The summed E-state index contributed by atoms with van der Waals surface area (Å²) < 4.78 is 45.4. The number of nitrogens with zero attached hydrogens (tertiary/aromatic N) is 1. The van der Waals surface area contributed by atoms with Crippen LogP contribution in [0.4, 0.5) is 18.9 Å². The van der Waals surface area contributed by atoms with Gasteiger partial charge in [-0.05, 0) is 24.3 Å². The lowest BCUT2D eigenvalue weighted by molar-refractivity contribution is -0.175. The third kappa shape index (κ3) is 3.74. The number of rotatable bonds is 5. The molecule has 0 radical (unpaired) electrons. The van der Waals surface area contributed by atoms with E-state index in [9.17, 15) is 13.2 Å². The molecule has 0 spiro atoms. The molecule has 7 heteroatoms. The molecule has 1 aromatic heterocycles. The summed E-state index contributed by atoms with van der Waals surface area (Å²) >= 11 is 0. The van der Waals surface area contributed by atoms with E-state index in [-0.39, 0.29) is 13.2 Å². The van der Waals surface area contributed by atoms with E-state index in [1.54, 1.807) is 30.5 Å². The van der Waals surface area contributed by atoms with Crippen LogP contribution in [0.15, 0.2) is 30.5 Å². The molecule has 0 bridgehead atoms. The van der Waals surface area contributed by atoms with Gasteiger partial charge in [0.05, 0.1) is 6.61 Å². The summed E-state index contributed by atoms with van der Waals surface area (Å²) in [6.07, 6.45) is -2.73. The van der Waals surface area contributed by atoms with Crippen LogP contribution in [0.3, 0.4) is 0 Å². The number of halogens is 3. The number of pyridine rings is 1. The topological polar surface area (TPSA) is 57.4 Å². The van der Waals surface area contributed by atoms with E-state index >= 15 is 0 Å². The van der Waals surface area contributed by atoms with E-state index in [0.29, 0.717) is 17.0 Å². The van der Waals surface area contributed by atoms with Gasteiger partial charge in [0.2, 0.25) is 0 Å². The fraction of sp³-hybridized carbons (Fsp3) is 0.308. The molecule has 108 valence electrons. The number of fused-ring (bicyclic) bond motifs is 1. The fourth-order valence-electron chi connectivity index (χ4n) is 1.68. The maximum atomic E-state index is 11.9. The molecule has 20 heavy (non-hydrogen) atoms. The van der Waals surface area contributed by atoms with Crippen LogP contribution in [-0.2, 0) is 4.74 Å². The highest BCUT2D eigenvalue weighted by Gasteiger charge is 2.27. The zero-order valence-electron chi connectivity index (χ0n) is 10.5. The number of hydrogen-bond acceptors (Lipinski definition) is 4. The highest BCUT2D eigenvalue weighted by molar-refractivity contribution is 5.94. The highest BCUT2D eigenvalue weighted by atomic mass is 19.4. The average molecular weight is 286 g/mol. The number of anilines is 1. The molecule has 0 aliphatic heterocycles. The quantitative estimate of drug-likeness (QED) is 0.678. The fourth-order valence-corrected chi connectivity index (χ4v) is 1.68. The van der Waals surface area contributed by atoms with E-state index in [2.05, 4.69) is 9.72 Å². The third-order valence-corrected chi connectivity index (χ3v) is 2.52. The number of nitrogens with two attached hydrogens (primary N) is 1. The summed E-state index contributed by atoms with van der Waals surface area (Å²) in [5.41, 5.74) is 6.94. The summed E-state index contributed by atoms with van der Waals surface area (Å²) in [6.45, 7) is -1.43. The standard InChI is InChI=1S/C13H13F3N2O2/c14-13(15,16)8-19-6-7-20-11-4-3-10(17)9-2-1-5-18-12(9)11/h1-5H,6-8,17H2. The molecular weight excluding hydrogens is 273 g/mol. The number of hydrogen-bond donors (Lipinski definition) is 1. The number of benzene rings is 1. The van der Waals surface area contributed by atoms with E-state index in [1.807, 2.05) is 0 Å². The molecule has 0 amide bonds. The molecule has 0 saturated heterocycles. The second-order valence-electron chi connectivity index (χ2n) is 4.07. The van der Waals surface area contributed by atoms with Gasteiger partial charge in [0.15, 0.2) is 0 Å². The van der Waals surface area contributed by atoms with E-state index in [0.717, 1.165) is 5.39 Å². The van der Waals surface area contributed by atoms with E-state index < -0.39 is 12.8 Å². The largest absolute Gasteiger partial charge is 0.489 e. The average Bonchev–Trinajstić information content (AvgIpc) is 2.40. The van der Waals surface area contributed by atoms with E-state index in [4.69, 9.17) is 10.5 Å². The van der Waals surface area contributed by atoms with Crippen LogP contribution in [-0.4, -0.2) is 31.0 Å². The van der Waals surface area contributed by atoms with Crippen LogP contribution in [0.1, 0.15) is 0 Å². The van der Waals surface area contributed by atoms with Crippen molar-refractivity contribution in [2.75, 3.05) is 25.6 Å². The van der Waals surface area contributed by atoms with Gasteiger partial charge < -0.3 is 15.2 Å². The molecule has 0 atom stereocenters. The van der Waals surface area contributed by atoms with E-state index in [1.165, 1.54) is 0 Å². The van der Waals surface area contributed by atoms with Crippen LogP contribution >= 0.6 is 0 Å². The summed E-state index contributed by atoms with van der Waals surface area (Å²) in [4.78, 5) is 4.15. The van der Waals surface area contributed by atoms with Gasteiger partial charge >= 0.3 is 6.18 Å². The monoisotopic (exact) mass is 286 g/mol. The molecule has 0 fully saturated rings. The third-order valence-electron chi connectivity index (χ3n) is 2.52. The van der Waals surface area contributed by atoms with Crippen molar-refractivity contribution in [2.24, 2.45) is 0 Å². The molecule has 2 N–H and O–H groups in total. The molecule has 0 aliphatic rings. The van der Waals surface area contributed by atoms with Gasteiger partial charge in [-0.1, -0.05) is 0 Å².